The lowest BCUT2D eigenvalue weighted by atomic mass is 9.87. The fourth-order valence-electron chi connectivity index (χ4n) is 4.62. The first kappa shape index (κ1) is 25.3. The highest BCUT2D eigenvalue weighted by Crippen LogP contribution is 2.33. The quantitative estimate of drug-likeness (QED) is 0.447. The molecular weight excluding hydrogens is 470 g/mol. The van der Waals surface area contributed by atoms with Crippen LogP contribution in [-0.4, -0.2) is 41.8 Å². The van der Waals surface area contributed by atoms with Crippen LogP contribution in [0, 0.1) is 0 Å². The summed E-state index contributed by atoms with van der Waals surface area (Å²) in [6.45, 7) is 9.93. The number of benzene rings is 2. The number of hydrogen-bond donors (Lipinski definition) is 1. The summed E-state index contributed by atoms with van der Waals surface area (Å²) in [5, 5.41) is 2.90. The summed E-state index contributed by atoms with van der Waals surface area (Å²) in [5.41, 5.74) is 3.96. The molecule has 8 heteroatoms. The highest BCUT2D eigenvalue weighted by Gasteiger charge is 2.21. The average Bonchev–Trinajstić information content (AvgIpc) is 3.64. The minimum atomic E-state index is -0.245. The van der Waals surface area contributed by atoms with E-state index in [1.807, 2.05) is 18.2 Å². The Kier molecular flexibility index (Phi) is 7.48. The van der Waals surface area contributed by atoms with E-state index in [2.05, 4.69) is 60.2 Å². The normalized spacial score (nSPS) is 16.9. The molecule has 2 aromatic carbocycles. The van der Waals surface area contributed by atoms with Crippen molar-refractivity contribution in [2.75, 3.05) is 19.9 Å². The molecule has 37 heavy (non-hydrogen) atoms. The van der Waals surface area contributed by atoms with Gasteiger partial charge in [-0.05, 0) is 47.1 Å². The predicted molar refractivity (Wildman–Crippen MR) is 138 cm³/mol. The van der Waals surface area contributed by atoms with Crippen molar-refractivity contribution in [3.05, 3.63) is 77.0 Å². The molecule has 1 atom stereocenters. The average molecular weight is 506 g/mol. The van der Waals surface area contributed by atoms with Gasteiger partial charge in [-0.3, -0.25) is 9.69 Å². The first-order chi connectivity index (χ1) is 17.8. The van der Waals surface area contributed by atoms with Gasteiger partial charge in [-0.15, -0.1) is 0 Å². The Bertz CT molecular complexity index is 1210. The summed E-state index contributed by atoms with van der Waals surface area (Å²) in [5.74, 6) is 1.77. The molecule has 5 rings (SSSR count). The summed E-state index contributed by atoms with van der Waals surface area (Å²) in [6, 6.07) is 14.7. The van der Waals surface area contributed by atoms with E-state index in [0.717, 1.165) is 36.5 Å². The third kappa shape index (κ3) is 6.50. The van der Waals surface area contributed by atoms with E-state index < -0.39 is 0 Å². The fourth-order valence-corrected chi connectivity index (χ4v) is 4.62. The van der Waals surface area contributed by atoms with Crippen molar-refractivity contribution >= 4 is 5.91 Å². The van der Waals surface area contributed by atoms with Gasteiger partial charge in [0.05, 0.1) is 12.6 Å². The number of aromatic nitrogens is 1. The van der Waals surface area contributed by atoms with Crippen molar-refractivity contribution in [1.82, 2.24) is 15.2 Å². The second-order valence-corrected chi connectivity index (χ2v) is 10.8. The lowest BCUT2D eigenvalue weighted by molar-refractivity contribution is 0.0853. The molecule has 0 spiro atoms. The molecule has 0 aliphatic carbocycles. The number of ether oxygens (including phenoxy) is 3. The SMILES string of the molecule is CC(C)(C)c1ccc(CN(Cc2ccc3c(c2)OCO3)Cc2nc(C(=O)NCC3CCCO3)co2)cc1. The molecule has 0 bridgehead atoms. The van der Waals surface area contributed by atoms with Gasteiger partial charge in [0.1, 0.15) is 6.26 Å². The maximum Gasteiger partial charge on any atom is 0.273 e. The number of amides is 1. The Morgan fingerprint density at radius 3 is 2.54 bits per heavy atom. The van der Waals surface area contributed by atoms with Crippen LogP contribution in [0.15, 0.2) is 53.1 Å². The molecule has 1 unspecified atom stereocenters. The maximum absolute atomic E-state index is 12.6. The second kappa shape index (κ2) is 10.9. The van der Waals surface area contributed by atoms with Crippen molar-refractivity contribution in [3.8, 4) is 11.5 Å². The number of carbonyl (C=O) groups is 1. The van der Waals surface area contributed by atoms with Gasteiger partial charge in [-0.1, -0.05) is 51.1 Å². The van der Waals surface area contributed by atoms with Crippen LogP contribution in [0.1, 0.15) is 66.7 Å². The fraction of sp³-hybridized carbons (Fsp3) is 0.448. The third-order valence-electron chi connectivity index (χ3n) is 6.73. The Hall–Kier alpha value is -3.36. The Labute approximate surface area is 217 Å². The minimum absolute atomic E-state index is 0.0807. The molecular formula is C29H35N3O5. The zero-order valence-corrected chi connectivity index (χ0v) is 21.8. The Morgan fingerprint density at radius 1 is 1.03 bits per heavy atom. The summed E-state index contributed by atoms with van der Waals surface area (Å²) in [7, 11) is 0. The predicted octanol–water partition coefficient (Wildman–Crippen LogP) is 4.81. The minimum Gasteiger partial charge on any atom is -0.454 e. The zero-order valence-electron chi connectivity index (χ0n) is 21.8. The van der Waals surface area contributed by atoms with Gasteiger partial charge in [-0.25, -0.2) is 4.98 Å². The number of fused-ring (bicyclic) bond motifs is 1. The molecule has 2 aliphatic rings. The standard InChI is InChI=1S/C29H35N3O5/c1-29(2,3)22-9-6-20(7-10-22)15-32(16-21-8-11-25-26(13-21)37-19-36-25)17-27-31-24(18-35-27)28(33)30-14-23-5-4-12-34-23/h6-11,13,18,23H,4-5,12,14-17,19H2,1-3H3,(H,30,33). The van der Waals surface area contributed by atoms with Gasteiger partial charge in [0.25, 0.3) is 5.91 Å². The number of nitrogens with zero attached hydrogens (tertiary/aromatic N) is 2. The van der Waals surface area contributed by atoms with E-state index in [4.69, 9.17) is 18.6 Å². The monoisotopic (exact) mass is 505 g/mol. The highest BCUT2D eigenvalue weighted by molar-refractivity contribution is 5.91. The largest absolute Gasteiger partial charge is 0.454 e. The van der Waals surface area contributed by atoms with Crippen LogP contribution in [0.3, 0.4) is 0 Å². The van der Waals surface area contributed by atoms with Crippen LogP contribution in [0.25, 0.3) is 0 Å². The van der Waals surface area contributed by atoms with Crippen LogP contribution in [0.2, 0.25) is 0 Å². The van der Waals surface area contributed by atoms with Crippen molar-refractivity contribution in [1.29, 1.82) is 0 Å². The van der Waals surface area contributed by atoms with Crippen LogP contribution in [0.5, 0.6) is 11.5 Å². The molecule has 1 amide bonds. The van der Waals surface area contributed by atoms with E-state index in [0.29, 0.717) is 32.1 Å². The number of rotatable bonds is 9. The summed E-state index contributed by atoms with van der Waals surface area (Å²) in [4.78, 5) is 19.3. The zero-order chi connectivity index (χ0) is 25.8. The van der Waals surface area contributed by atoms with E-state index in [1.54, 1.807) is 0 Å². The van der Waals surface area contributed by atoms with Gasteiger partial charge >= 0.3 is 0 Å². The van der Waals surface area contributed by atoms with Crippen molar-refractivity contribution < 1.29 is 23.4 Å². The topological polar surface area (TPSA) is 86.1 Å². The summed E-state index contributed by atoms with van der Waals surface area (Å²) in [6.07, 6.45) is 3.51. The van der Waals surface area contributed by atoms with E-state index in [1.165, 1.54) is 17.4 Å². The molecule has 3 heterocycles. The van der Waals surface area contributed by atoms with Gasteiger partial charge in [0, 0.05) is 26.2 Å². The first-order valence-electron chi connectivity index (χ1n) is 12.9. The lowest BCUT2D eigenvalue weighted by Gasteiger charge is -2.23. The third-order valence-corrected chi connectivity index (χ3v) is 6.73. The molecule has 1 fully saturated rings. The van der Waals surface area contributed by atoms with E-state index in [9.17, 15) is 4.79 Å². The van der Waals surface area contributed by atoms with E-state index in [-0.39, 0.29) is 29.9 Å². The van der Waals surface area contributed by atoms with E-state index >= 15 is 0 Å². The van der Waals surface area contributed by atoms with Gasteiger partial charge in [-0.2, -0.15) is 0 Å². The molecule has 2 aliphatic heterocycles. The van der Waals surface area contributed by atoms with Crippen molar-refractivity contribution in [3.63, 3.8) is 0 Å². The smallest absolute Gasteiger partial charge is 0.273 e. The maximum atomic E-state index is 12.6. The number of oxazole rings is 1. The summed E-state index contributed by atoms with van der Waals surface area (Å²) >= 11 is 0. The van der Waals surface area contributed by atoms with Crippen LogP contribution in [0.4, 0.5) is 0 Å². The molecule has 8 nitrogen and oxygen atoms in total. The molecule has 196 valence electrons. The molecule has 0 saturated carbocycles. The summed E-state index contributed by atoms with van der Waals surface area (Å²) < 4.78 is 22.3. The number of nitrogens with one attached hydrogen (secondary N) is 1. The molecule has 1 N–H and O–H groups in total. The number of carbonyl (C=O) groups excluding carboxylic acids is 1. The highest BCUT2D eigenvalue weighted by atomic mass is 16.7. The first-order valence-corrected chi connectivity index (χ1v) is 12.9. The van der Waals surface area contributed by atoms with Crippen LogP contribution >= 0.6 is 0 Å². The molecule has 0 radical (unpaired) electrons. The van der Waals surface area contributed by atoms with Gasteiger partial charge in [0.15, 0.2) is 17.2 Å². The number of hydrogen-bond acceptors (Lipinski definition) is 7. The van der Waals surface area contributed by atoms with Gasteiger partial charge < -0.3 is 23.9 Å². The Balaban J connectivity index is 1.28. The van der Waals surface area contributed by atoms with Gasteiger partial charge in [0.2, 0.25) is 12.7 Å². The second-order valence-electron chi connectivity index (χ2n) is 10.8. The lowest BCUT2D eigenvalue weighted by Crippen LogP contribution is -2.32. The van der Waals surface area contributed by atoms with Crippen LogP contribution < -0.4 is 14.8 Å². The van der Waals surface area contributed by atoms with Crippen molar-refractivity contribution in [2.45, 2.75) is 64.8 Å². The molecule has 1 saturated heterocycles. The van der Waals surface area contributed by atoms with Crippen molar-refractivity contribution in [2.24, 2.45) is 0 Å². The molecule has 1 aromatic heterocycles. The van der Waals surface area contributed by atoms with Crippen LogP contribution in [-0.2, 0) is 29.8 Å². The Morgan fingerprint density at radius 2 is 1.78 bits per heavy atom. The molecule has 3 aromatic rings.